The predicted octanol–water partition coefficient (Wildman–Crippen LogP) is 2.07. The molecule has 0 amide bonds. The molecule has 2 rings (SSSR count). The molecule has 1 aliphatic heterocycles. The zero-order valence-corrected chi connectivity index (χ0v) is 12.8. The van der Waals surface area contributed by atoms with E-state index in [1.54, 1.807) is 6.07 Å². The third-order valence-electron chi connectivity index (χ3n) is 4.17. The van der Waals surface area contributed by atoms with Gasteiger partial charge in [0, 0.05) is 24.7 Å². The molecule has 0 spiro atoms. The van der Waals surface area contributed by atoms with E-state index in [1.165, 1.54) is 12.8 Å². The number of rotatable bonds is 5. The molecule has 0 aliphatic carbocycles. The van der Waals surface area contributed by atoms with Gasteiger partial charge in [-0.1, -0.05) is 12.1 Å². The van der Waals surface area contributed by atoms with Gasteiger partial charge < -0.3 is 10.2 Å². The Balaban J connectivity index is 1.95. The Bertz CT molecular complexity index is 426. The lowest BCUT2D eigenvalue weighted by atomic mass is 10.0. The van der Waals surface area contributed by atoms with Crippen LogP contribution in [0.25, 0.3) is 0 Å². The summed E-state index contributed by atoms with van der Waals surface area (Å²) < 4.78 is 13.9. The highest BCUT2D eigenvalue weighted by molar-refractivity contribution is 5.25. The number of nitrogens with zero attached hydrogens (tertiary/aromatic N) is 2. The van der Waals surface area contributed by atoms with Crippen LogP contribution in [0, 0.1) is 5.82 Å². The van der Waals surface area contributed by atoms with E-state index in [-0.39, 0.29) is 5.82 Å². The normalized spacial score (nSPS) is 17.9. The molecule has 1 heterocycles. The van der Waals surface area contributed by atoms with Crippen LogP contribution >= 0.6 is 0 Å². The van der Waals surface area contributed by atoms with Crippen molar-refractivity contribution in [1.82, 2.24) is 15.1 Å². The summed E-state index contributed by atoms with van der Waals surface area (Å²) >= 11 is 0. The molecule has 0 saturated carbocycles. The summed E-state index contributed by atoms with van der Waals surface area (Å²) in [5, 5.41) is 3.11. The number of hydrogen-bond donors (Lipinski definition) is 1. The highest BCUT2D eigenvalue weighted by Gasteiger charge is 2.21. The van der Waals surface area contributed by atoms with Gasteiger partial charge in [-0.3, -0.25) is 4.90 Å². The lowest BCUT2D eigenvalue weighted by Gasteiger charge is -2.35. The predicted molar refractivity (Wildman–Crippen MR) is 81.1 cm³/mol. The average molecular weight is 279 g/mol. The SMILES string of the molecule is CNCc1ccc(F)c(CN2CCC(N(C)C)CC2)c1. The molecule has 4 heteroatoms. The molecular weight excluding hydrogens is 253 g/mol. The van der Waals surface area contributed by atoms with E-state index in [4.69, 9.17) is 0 Å². The summed E-state index contributed by atoms with van der Waals surface area (Å²) in [6, 6.07) is 6.11. The van der Waals surface area contributed by atoms with Gasteiger partial charge in [-0.05, 0) is 58.7 Å². The summed E-state index contributed by atoms with van der Waals surface area (Å²) in [6.07, 6.45) is 2.34. The first kappa shape index (κ1) is 15.4. The van der Waals surface area contributed by atoms with Gasteiger partial charge in [0.15, 0.2) is 0 Å². The molecule has 20 heavy (non-hydrogen) atoms. The van der Waals surface area contributed by atoms with E-state index in [1.807, 2.05) is 19.2 Å². The van der Waals surface area contributed by atoms with Crippen LogP contribution < -0.4 is 5.32 Å². The minimum atomic E-state index is -0.0837. The van der Waals surface area contributed by atoms with E-state index in [9.17, 15) is 4.39 Å². The minimum absolute atomic E-state index is 0.0837. The van der Waals surface area contributed by atoms with E-state index in [0.717, 1.165) is 37.3 Å². The Labute approximate surface area is 121 Å². The first-order chi connectivity index (χ1) is 9.60. The Kier molecular flexibility index (Phi) is 5.52. The standard InChI is InChI=1S/C16H26FN3/c1-18-11-13-4-5-16(17)14(10-13)12-20-8-6-15(7-9-20)19(2)3/h4-5,10,15,18H,6-9,11-12H2,1-3H3. The second kappa shape index (κ2) is 7.16. The second-order valence-corrected chi connectivity index (χ2v) is 5.93. The fourth-order valence-electron chi connectivity index (χ4n) is 2.90. The third kappa shape index (κ3) is 4.01. The van der Waals surface area contributed by atoms with Gasteiger partial charge in [-0.25, -0.2) is 4.39 Å². The van der Waals surface area contributed by atoms with Crippen molar-refractivity contribution in [3.63, 3.8) is 0 Å². The maximum atomic E-state index is 13.9. The number of nitrogens with one attached hydrogen (secondary N) is 1. The van der Waals surface area contributed by atoms with Crippen molar-refractivity contribution >= 4 is 0 Å². The Hall–Kier alpha value is -0.970. The van der Waals surface area contributed by atoms with Crippen LogP contribution in [0.5, 0.6) is 0 Å². The van der Waals surface area contributed by atoms with Crippen LogP contribution in [0.15, 0.2) is 18.2 Å². The fraction of sp³-hybridized carbons (Fsp3) is 0.625. The molecule has 0 unspecified atom stereocenters. The van der Waals surface area contributed by atoms with Crippen LogP contribution in [0.2, 0.25) is 0 Å². The Morgan fingerprint density at radius 1 is 1.30 bits per heavy atom. The van der Waals surface area contributed by atoms with Gasteiger partial charge >= 0.3 is 0 Å². The molecule has 0 atom stereocenters. The second-order valence-electron chi connectivity index (χ2n) is 5.93. The van der Waals surface area contributed by atoms with E-state index >= 15 is 0 Å². The zero-order valence-electron chi connectivity index (χ0n) is 12.8. The summed E-state index contributed by atoms with van der Waals surface area (Å²) in [6.45, 7) is 3.62. The molecule has 0 radical (unpaired) electrons. The van der Waals surface area contributed by atoms with E-state index in [0.29, 0.717) is 6.04 Å². The molecule has 1 fully saturated rings. The molecule has 1 N–H and O–H groups in total. The van der Waals surface area contributed by atoms with Crippen molar-refractivity contribution in [2.75, 3.05) is 34.2 Å². The smallest absolute Gasteiger partial charge is 0.127 e. The first-order valence-electron chi connectivity index (χ1n) is 7.41. The maximum Gasteiger partial charge on any atom is 0.127 e. The number of benzene rings is 1. The third-order valence-corrected chi connectivity index (χ3v) is 4.17. The highest BCUT2D eigenvalue weighted by Crippen LogP contribution is 2.19. The highest BCUT2D eigenvalue weighted by atomic mass is 19.1. The molecular formula is C16H26FN3. The monoisotopic (exact) mass is 279 g/mol. The van der Waals surface area contributed by atoms with Crippen molar-refractivity contribution in [3.05, 3.63) is 35.1 Å². The summed E-state index contributed by atoms with van der Waals surface area (Å²) in [4.78, 5) is 4.66. The van der Waals surface area contributed by atoms with Crippen molar-refractivity contribution in [3.8, 4) is 0 Å². The van der Waals surface area contributed by atoms with Crippen molar-refractivity contribution in [2.24, 2.45) is 0 Å². The summed E-state index contributed by atoms with van der Waals surface area (Å²) in [5.41, 5.74) is 1.97. The topological polar surface area (TPSA) is 18.5 Å². The molecule has 3 nitrogen and oxygen atoms in total. The van der Waals surface area contributed by atoms with Gasteiger partial charge in [0.05, 0.1) is 0 Å². The van der Waals surface area contributed by atoms with Crippen molar-refractivity contribution < 1.29 is 4.39 Å². The molecule has 1 saturated heterocycles. The van der Waals surface area contributed by atoms with Crippen LogP contribution in [0.3, 0.4) is 0 Å². The van der Waals surface area contributed by atoms with E-state index < -0.39 is 0 Å². The number of halogens is 1. The largest absolute Gasteiger partial charge is 0.316 e. The fourth-order valence-corrected chi connectivity index (χ4v) is 2.90. The zero-order chi connectivity index (χ0) is 14.5. The van der Waals surface area contributed by atoms with Gasteiger partial charge in [0.1, 0.15) is 5.82 Å². The number of piperidine rings is 1. The lowest BCUT2D eigenvalue weighted by Crippen LogP contribution is -2.41. The van der Waals surface area contributed by atoms with Crippen molar-refractivity contribution in [1.29, 1.82) is 0 Å². The first-order valence-corrected chi connectivity index (χ1v) is 7.41. The molecule has 1 aliphatic rings. The Morgan fingerprint density at radius 3 is 2.60 bits per heavy atom. The molecule has 0 bridgehead atoms. The summed E-state index contributed by atoms with van der Waals surface area (Å²) in [5.74, 6) is -0.0837. The Morgan fingerprint density at radius 2 is 2.00 bits per heavy atom. The molecule has 1 aromatic carbocycles. The van der Waals surface area contributed by atoms with Gasteiger partial charge in [-0.15, -0.1) is 0 Å². The van der Waals surface area contributed by atoms with Crippen LogP contribution in [0.4, 0.5) is 4.39 Å². The summed E-state index contributed by atoms with van der Waals surface area (Å²) in [7, 11) is 6.19. The van der Waals surface area contributed by atoms with Gasteiger partial charge in [0.2, 0.25) is 0 Å². The van der Waals surface area contributed by atoms with Crippen molar-refractivity contribution in [2.45, 2.75) is 32.0 Å². The van der Waals surface area contributed by atoms with Crippen LogP contribution in [0.1, 0.15) is 24.0 Å². The van der Waals surface area contributed by atoms with Crippen LogP contribution in [-0.4, -0.2) is 50.1 Å². The quantitative estimate of drug-likeness (QED) is 0.890. The van der Waals surface area contributed by atoms with Gasteiger partial charge in [-0.2, -0.15) is 0 Å². The van der Waals surface area contributed by atoms with Gasteiger partial charge in [0.25, 0.3) is 0 Å². The van der Waals surface area contributed by atoms with Crippen LogP contribution in [-0.2, 0) is 13.1 Å². The molecule has 0 aromatic heterocycles. The number of hydrogen-bond acceptors (Lipinski definition) is 3. The lowest BCUT2D eigenvalue weighted by molar-refractivity contribution is 0.139. The minimum Gasteiger partial charge on any atom is -0.316 e. The maximum absolute atomic E-state index is 13.9. The number of likely N-dealkylation sites (tertiary alicyclic amines) is 1. The molecule has 112 valence electrons. The molecule has 1 aromatic rings. The van der Waals surface area contributed by atoms with E-state index in [2.05, 4.69) is 29.2 Å². The average Bonchev–Trinajstić information content (AvgIpc) is 2.43.